The summed E-state index contributed by atoms with van der Waals surface area (Å²) in [7, 11) is 3.23. The number of aromatic nitrogens is 3. The quantitative estimate of drug-likeness (QED) is 0.291. The third-order valence-electron chi connectivity index (χ3n) is 5.93. The molecule has 0 aliphatic rings. The van der Waals surface area contributed by atoms with Gasteiger partial charge in [0.25, 0.3) is 0 Å². The van der Waals surface area contributed by atoms with Crippen LogP contribution < -0.4 is 20.1 Å². The van der Waals surface area contributed by atoms with Crippen LogP contribution in [0, 0.1) is 0 Å². The first-order valence-electron chi connectivity index (χ1n) is 12.1. The molecule has 0 aliphatic carbocycles. The van der Waals surface area contributed by atoms with Crippen molar-refractivity contribution >= 4 is 23.0 Å². The van der Waals surface area contributed by atoms with Crippen LogP contribution in [0.1, 0.15) is 30.9 Å². The summed E-state index contributed by atoms with van der Waals surface area (Å²) >= 11 is 0. The molecule has 8 nitrogen and oxygen atoms in total. The Morgan fingerprint density at radius 3 is 2.47 bits per heavy atom. The van der Waals surface area contributed by atoms with Gasteiger partial charge in [0.1, 0.15) is 11.3 Å². The number of pyridine rings is 1. The summed E-state index contributed by atoms with van der Waals surface area (Å²) in [6.07, 6.45) is 5.39. The van der Waals surface area contributed by atoms with Crippen molar-refractivity contribution in [1.82, 2.24) is 20.3 Å². The number of fused-ring (bicyclic) bond motifs is 1. The first-order chi connectivity index (χ1) is 17.6. The predicted molar refractivity (Wildman–Crippen MR) is 142 cm³/mol. The molecule has 0 atom stereocenters. The number of benzene rings is 2. The van der Waals surface area contributed by atoms with E-state index in [4.69, 9.17) is 9.47 Å². The van der Waals surface area contributed by atoms with Crippen molar-refractivity contribution in [2.24, 2.45) is 0 Å². The zero-order valence-corrected chi connectivity index (χ0v) is 20.9. The molecule has 0 radical (unpaired) electrons. The number of carbonyl (C=O) groups excluding carboxylic acids is 1. The lowest BCUT2D eigenvalue weighted by Crippen LogP contribution is -2.29. The van der Waals surface area contributed by atoms with Crippen molar-refractivity contribution in [3.05, 3.63) is 71.9 Å². The highest BCUT2D eigenvalue weighted by Gasteiger charge is 2.17. The fourth-order valence-electron chi connectivity index (χ4n) is 4.07. The van der Waals surface area contributed by atoms with E-state index in [2.05, 4.69) is 44.6 Å². The number of amides is 2. The fourth-order valence-corrected chi connectivity index (χ4v) is 4.07. The van der Waals surface area contributed by atoms with Crippen molar-refractivity contribution in [2.45, 2.75) is 32.6 Å². The molecule has 0 unspecified atom stereocenters. The molecule has 0 saturated carbocycles. The summed E-state index contributed by atoms with van der Waals surface area (Å²) in [5.41, 5.74) is 4.76. The molecule has 2 N–H and O–H groups in total. The zero-order valence-electron chi connectivity index (χ0n) is 20.9. The van der Waals surface area contributed by atoms with Gasteiger partial charge in [-0.2, -0.15) is 0 Å². The Hall–Kier alpha value is -4.20. The summed E-state index contributed by atoms with van der Waals surface area (Å²) in [6, 6.07) is 17.5. The second kappa shape index (κ2) is 12.0. The highest BCUT2D eigenvalue weighted by molar-refractivity contribution is 5.89. The van der Waals surface area contributed by atoms with Gasteiger partial charge in [-0.1, -0.05) is 43.3 Å². The Labute approximate surface area is 211 Å². The Kier molecular flexibility index (Phi) is 8.28. The van der Waals surface area contributed by atoms with Gasteiger partial charge in [0.15, 0.2) is 17.1 Å². The molecule has 2 amide bonds. The highest BCUT2D eigenvalue weighted by Crippen LogP contribution is 2.40. The van der Waals surface area contributed by atoms with Crippen molar-refractivity contribution in [2.75, 3.05) is 26.1 Å². The Bertz CT molecular complexity index is 1330. The number of anilines is 1. The van der Waals surface area contributed by atoms with E-state index in [0.717, 1.165) is 36.8 Å². The molecule has 2 aromatic carbocycles. The molecule has 2 heterocycles. The molecule has 0 fully saturated rings. The lowest BCUT2D eigenvalue weighted by molar-refractivity contribution is 0.252. The SMILES string of the molecule is CCc1ccc(-c2cnc3ccc(NC(=O)NCCCCc4ccccc4)nc3n2)c(OC)c1OC. The van der Waals surface area contributed by atoms with Crippen LogP contribution in [-0.2, 0) is 12.8 Å². The smallest absolute Gasteiger partial charge is 0.320 e. The van der Waals surface area contributed by atoms with Gasteiger partial charge in [0.05, 0.1) is 26.1 Å². The summed E-state index contributed by atoms with van der Waals surface area (Å²) in [5, 5.41) is 5.67. The molecule has 0 spiro atoms. The number of aryl methyl sites for hydroxylation is 2. The molecule has 36 heavy (non-hydrogen) atoms. The minimum atomic E-state index is -0.299. The van der Waals surface area contributed by atoms with E-state index in [0.29, 0.717) is 40.7 Å². The normalized spacial score (nSPS) is 10.8. The molecule has 2 aromatic heterocycles. The zero-order chi connectivity index (χ0) is 25.3. The second-order valence-electron chi connectivity index (χ2n) is 8.31. The number of nitrogens with one attached hydrogen (secondary N) is 2. The van der Waals surface area contributed by atoms with E-state index in [9.17, 15) is 4.79 Å². The molecule has 8 heteroatoms. The topological polar surface area (TPSA) is 98.3 Å². The van der Waals surface area contributed by atoms with Crippen LogP contribution in [0.3, 0.4) is 0 Å². The van der Waals surface area contributed by atoms with E-state index in [-0.39, 0.29) is 6.03 Å². The van der Waals surface area contributed by atoms with Crippen molar-refractivity contribution in [3.63, 3.8) is 0 Å². The van der Waals surface area contributed by atoms with Gasteiger partial charge in [0.2, 0.25) is 0 Å². The number of nitrogens with zero attached hydrogens (tertiary/aromatic N) is 3. The number of unbranched alkanes of at least 4 members (excludes halogenated alkanes) is 1. The van der Waals surface area contributed by atoms with E-state index in [1.54, 1.807) is 32.5 Å². The van der Waals surface area contributed by atoms with E-state index >= 15 is 0 Å². The average Bonchev–Trinajstić information content (AvgIpc) is 2.92. The van der Waals surface area contributed by atoms with Crippen LogP contribution in [0.5, 0.6) is 11.5 Å². The number of methoxy groups -OCH3 is 2. The van der Waals surface area contributed by atoms with Crippen LogP contribution in [0.25, 0.3) is 22.4 Å². The molecule has 4 rings (SSSR count). The summed E-state index contributed by atoms with van der Waals surface area (Å²) in [4.78, 5) is 26.0. The summed E-state index contributed by atoms with van der Waals surface area (Å²) in [6.45, 7) is 2.65. The summed E-state index contributed by atoms with van der Waals surface area (Å²) in [5.74, 6) is 1.69. The van der Waals surface area contributed by atoms with Gasteiger partial charge >= 0.3 is 6.03 Å². The van der Waals surface area contributed by atoms with E-state index < -0.39 is 0 Å². The van der Waals surface area contributed by atoms with Crippen LogP contribution in [-0.4, -0.2) is 41.7 Å². The van der Waals surface area contributed by atoms with Crippen molar-refractivity contribution in [3.8, 4) is 22.8 Å². The molecule has 0 bridgehead atoms. The highest BCUT2D eigenvalue weighted by atomic mass is 16.5. The van der Waals surface area contributed by atoms with Gasteiger partial charge in [-0.15, -0.1) is 0 Å². The molecule has 0 saturated heterocycles. The van der Waals surface area contributed by atoms with Gasteiger partial charge in [-0.3, -0.25) is 10.3 Å². The Balaban J connectivity index is 1.42. The van der Waals surface area contributed by atoms with Gasteiger partial charge in [-0.25, -0.2) is 14.8 Å². The lowest BCUT2D eigenvalue weighted by Gasteiger charge is -2.15. The van der Waals surface area contributed by atoms with Crippen LogP contribution >= 0.6 is 0 Å². The second-order valence-corrected chi connectivity index (χ2v) is 8.31. The average molecular weight is 486 g/mol. The van der Waals surface area contributed by atoms with E-state index in [1.807, 2.05) is 30.3 Å². The van der Waals surface area contributed by atoms with Crippen LogP contribution in [0.15, 0.2) is 60.8 Å². The molecule has 186 valence electrons. The number of hydrogen-bond donors (Lipinski definition) is 2. The minimum absolute atomic E-state index is 0.299. The monoisotopic (exact) mass is 485 g/mol. The maximum atomic E-state index is 12.4. The van der Waals surface area contributed by atoms with Crippen LogP contribution in [0.2, 0.25) is 0 Å². The van der Waals surface area contributed by atoms with Crippen molar-refractivity contribution in [1.29, 1.82) is 0 Å². The largest absolute Gasteiger partial charge is 0.493 e. The fraction of sp³-hybridized carbons (Fsp3) is 0.286. The van der Waals surface area contributed by atoms with Gasteiger partial charge in [0, 0.05) is 12.1 Å². The number of rotatable bonds is 10. The van der Waals surface area contributed by atoms with Crippen LogP contribution in [0.4, 0.5) is 10.6 Å². The number of hydrogen-bond acceptors (Lipinski definition) is 6. The number of ether oxygens (including phenoxy) is 2. The lowest BCUT2D eigenvalue weighted by atomic mass is 10.0. The predicted octanol–water partition coefficient (Wildman–Crippen LogP) is 5.42. The third kappa shape index (κ3) is 5.89. The maximum absolute atomic E-state index is 12.4. The van der Waals surface area contributed by atoms with Gasteiger partial charge < -0.3 is 14.8 Å². The molecular weight excluding hydrogens is 454 g/mol. The standard InChI is InChI=1S/C28H31N5O3/c1-4-20-13-14-21(26(36-3)25(20)35-2)23-18-30-22-15-16-24(32-27(22)31-23)33-28(34)29-17-9-8-12-19-10-6-5-7-11-19/h5-7,10-11,13-16,18H,4,8-9,12,17H2,1-3H3,(H2,29,31,32,33,34). The maximum Gasteiger partial charge on any atom is 0.320 e. The molecule has 0 aliphatic heterocycles. The first-order valence-corrected chi connectivity index (χ1v) is 12.1. The Morgan fingerprint density at radius 1 is 0.917 bits per heavy atom. The first kappa shape index (κ1) is 24.9. The molecule has 4 aromatic rings. The van der Waals surface area contributed by atoms with Gasteiger partial charge in [-0.05, 0) is 55.0 Å². The van der Waals surface area contributed by atoms with E-state index in [1.165, 1.54) is 5.56 Å². The third-order valence-corrected chi connectivity index (χ3v) is 5.93. The number of urea groups is 1. The molecular formula is C28H31N5O3. The van der Waals surface area contributed by atoms with Crippen molar-refractivity contribution < 1.29 is 14.3 Å². The number of carbonyl (C=O) groups is 1. The minimum Gasteiger partial charge on any atom is -0.493 e. The summed E-state index contributed by atoms with van der Waals surface area (Å²) < 4.78 is 11.3. The Morgan fingerprint density at radius 2 is 1.72 bits per heavy atom.